The lowest BCUT2D eigenvalue weighted by Gasteiger charge is -2.00. The molecule has 92 valence electrons. The molecule has 3 rings (SSSR count). The minimum atomic E-state index is -1.45. The summed E-state index contributed by atoms with van der Waals surface area (Å²) < 4.78 is 4.36. The van der Waals surface area contributed by atoms with E-state index in [-0.39, 0.29) is 11.7 Å². The molecule has 1 aliphatic heterocycles. The Morgan fingerprint density at radius 3 is 2.89 bits per heavy atom. The van der Waals surface area contributed by atoms with Crippen LogP contribution in [0.1, 0.15) is 5.69 Å². The highest BCUT2D eigenvalue weighted by molar-refractivity contribution is 6.05. The molecule has 0 saturated heterocycles. The van der Waals surface area contributed by atoms with Crippen molar-refractivity contribution < 1.29 is 14.6 Å². The highest BCUT2D eigenvalue weighted by Crippen LogP contribution is 2.14. The van der Waals surface area contributed by atoms with Crippen LogP contribution >= 0.6 is 0 Å². The highest BCUT2D eigenvalue weighted by Gasteiger charge is 2.13. The van der Waals surface area contributed by atoms with Gasteiger partial charge in [0.15, 0.2) is 5.84 Å². The summed E-state index contributed by atoms with van der Waals surface area (Å²) in [5, 5.41) is 9.47. The number of pyridine rings is 1. The molecule has 0 fully saturated rings. The summed E-state index contributed by atoms with van der Waals surface area (Å²) in [6.45, 7) is 0. The zero-order chi connectivity index (χ0) is 13.2. The van der Waals surface area contributed by atoms with Gasteiger partial charge in [-0.2, -0.15) is 9.98 Å². The fourth-order valence-electron chi connectivity index (χ4n) is 1.68. The van der Waals surface area contributed by atoms with Crippen LogP contribution in [0.5, 0.6) is 0 Å². The summed E-state index contributed by atoms with van der Waals surface area (Å²) in [4.78, 5) is 22.5. The van der Waals surface area contributed by atoms with Crippen LogP contribution in [-0.2, 0) is 4.74 Å². The van der Waals surface area contributed by atoms with Gasteiger partial charge in [-0.25, -0.2) is 9.78 Å². The van der Waals surface area contributed by atoms with Crippen molar-refractivity contribution in [3.05, 3.63) is 48.0 Å². The highest BCUT2D eigenvalue weighted by atomic mass is 16.7. The quantitative estimate of drug-likeness (QED) is 0.831. The normalized spacial score (nSPS) is 13.3. The lowest BCUT2D eigenvalue weighted by Crippen LogP contribution is -2.01. The molecule has 1 aromatic heterocycles. The molecule has 19 heavy (non-hydrogen) atoms. The molecule has 1 aliphatic rings. The average molecular weight is 253 g/mol. The predicted octanol–water partition coefficient (Wildman–Crippen LogP) is 2.20. The van der Waals surface area contributed by atoms with Crippen LogP contribution in [0.3, 0.4) is 0 Å². The van der Waals surface area contributed by atoms with Crippen LogP contribution in [0, 0.1) is 0 Å². The number of carbonyl (C=O) groups is 1. The summed E-state index contributed by atoms with van der Waals surface area (Å²) in [7, 11) is 0. The number of hydrogen-bond donors (Lipinski definition) is 1. The Labute approximate surface area is 107 Å². The first kappa shape index (κ1) is 11.1. The van der Waals surface area contributed by atoms with E-state index in [0.717, 1.165) is 10.9 Å². The summed E-state index contributed by atoms with van der Waals surface area (Å²) in [5.41, 5.74) is 1.35. The van der Waals surface area contributed by atoms with E-state index in [0.29, 0.717) is 5.69 Å². The van der Waals surface area contributed by atoms with Crippen molar-refractivity contribution in [3.63, 3.8) is 0 Å². The van der Waals surface area contributed by atoms with Gasteiger partial charge in [-0.3, -0.25) is 0 Å². The van der Waals surface area contributed by atoms with E-state index in [1.807, 2.05) is 30.3 Å². The second kappa shape index (κ2) is 4.36. The van der Waals surface area contributed by atoms with Gasteiger partial charge in [0.05, 0.1) is 11.4 Å². The molecule has 6 nitrogen and oxygen atoms in total. The largest absolute Gasteiger partial charge is 0.513 e. The van der Waals surface area contributed by atoms with Crippen LogP contribution in [0.15, 0.2) is 52.3 Å². The molecule has 0 amide bonds. The Kier molecular flexibility index (Phi) is 2.55. The number of nitrogens with zero attached hydrogens (tertiary/aromatic N) is 3. The predicted molar refractivity (Wildman–Crippen MR) is 68.3 cm³/mol. The standard InChI is InChI=1S/C13H7N3O3/c17-13(18)19-11-7-14-12(16-11)10-6-5-8-3-1-2-4-9(8)15-10/h1-6H,(H,17,18). The molecular formula is C13H7N3O3. The Morgan fingerprint density at radius 1 is 1.21 bits per heavy atom. The Hall–Kier alpha value is -2.98. The average Bonchev–Trinajstić information content (AvgIpc) is 2.86. The van der Waals surface area contributed by atoms with E-state index in [2.05, 4.69) is 25.6 Å². The van der Waals surface area contributed by atoms with Gasteiger partial charge in [0.25, 0.3) is 5.88 Å². The van der Waals surface area contributed by atoms with Crippen molar-refractivity contribution in [3.8, 4) is 0 Å². The van der Waals surface area contributed by atoms with Gasteiger partial charge in [0.2, 0.25) is 0 Å². The molecule has 0 radical (unpaired) electrons. The zero-order valence-corrected chi connectivity index (χ0v) is 9.57. The third kappa shape index (κ3) is 2.20. The smallest absolute Gasteiger partial charge is 0.449 e. The second-order valence-electron chi connectivity index (χ2n) is 3.72. The first-order chi connectivity index (χ1) is 9.22. The summed E-state index contributed by atoms with van der Waals surface area (Å²) in [6, 6.07) is 11.3. The minimum absolute atomic E-state index is 0.183. The van der Waals surface area contributed by atoms with E-state index in [4.69, 9.17) is 5.11 Å². The Balaban J connectivity index is 1.95. The van der Waals surface area contributed by atoms with Crippen molar-refractivity contribution in [2.24, 2.45) is 9.98 Å². The molecule has 0 unspecified atom stereocenters. The van der Waals surface area contributed by atoms with Crippen LogP contribution in [0.4, 0.5) is 4.79 Å². The number of aromatic nitrogens is 1. The van der Waals surface area contributed by atoms with Crippen LogP contribution in [0.2, 0.25) is 0 Å². The number of rotatable bonds is 2. The fourth-order valence-corrected chi connectivity index (χ4v) is 1.68. The SMILES string of the molecule is O=C(O)OC1=C=NC(c2ccc3ccccc3n2)=N1. The molecule has 6 heteroatoms. The second-order valence-corrected chi connectivity index (χ2v) is 3.72. The number of carboxylic acid groups (broad SMARTS) is 1. The first-order valence-electron chi connectivity index (χ1n) is 5.42. The molecule has 1 N–H and O–H groups in total. The van der Waals surface area contributed by atoms with Crippen molar-refractivity contribution >= 4 is 28.8 Å². The van der Waals surface area contributed by atoms with E-state index >= 15 is 0 Å². The van der Waals surface area contributed by atoms with E-state index in [1.165, 1.54) is 0 Å². The lowest BCUT2D eigenvalue weighted by molar-refractivity contribution is 0.120. The minimum Gasteiger partial charge on any atom is -0.449 e. The van der Waals surface area contributed by atoms with Gasteiger partial charge in [0, 0.05) is 5.39 Å². The van der Waals surface area contributed by atoms with Gasteiger partial charge in [-0.15, -0.1) is 0 Å². The molecule has 0 atom stereocenters. The molecule has 0 aliphatic carbocycles. The van der Waals surface area contributed by atoms with E-state index in [1.54, 1.807) is 6.07 Å². The number of para-hydroxylation sites is 1. The number of ether oxygens (including phenoxy) is 1. The van der Waals surface area contributed by atoms with Gasteiger partial charge in [-0.1, -0.05) is 24.3 Å². The van der Waals surface area contributed by atoms with Crippen LogP contribution < -0.4 is 0 Å². The number of fused-ring (bicyclic) bond motifs is 1. The number of benzene rings is 1. The maximum absolute atomic E-state index is 10.4. The first-order valence-corrected chi connectivity index (χ1v) is 5.42. The van der Waals surface area contributed by atoms with Crippen molar-refractivity contribution in [1.29, 1.82) is 0 Å². The topological polar surface area (TPSA) is 84.1 Å². The summed E-state index contributed by atoms with van der Waals surface area (Å²) in [6.07, 6.45) is -1.45. The van der Waals surface area contributed by atoms with Gasteiger partial charge < -0.3 is 9.84 Å². The maximum Gasteiger partial charge on any atom is 0.513 e. The zero-order valence-electron chi connectivity index (χ0n) is 9.57. The van der Waals surface area contributed by atoms with Crippen molar-refractivity contribution in [1.82, 2.24) is 4.98 Å². The van der Waals surface area contributed by atoms with Gasteiger partial charge >= 0.3 is 6.16 Å². The maximum atomic E-state index is 10.4. The van der Waals surface area contributed by atoms with E-state index in [9.17, 15) is 4.79 Å². The molecule has 2 heterocycles. The lowest BCUT2D eigenvalue weighted by atomic mass is 10.2. The molecule has 1 aromatic carbocycles. The third-order valence-electron chi connectivity index (χ3n) is 2.48. The number of aliphatic imine (C=N–C) groups is 2. The number of hydrogen-bond acceptors (Lipinski definition) is 5. The third-order valence-corrected chi connectivity index (χ3v) is 2.48. The molecule has 0 bridgehead atoms. The molecular weight excluding hydrogens is 246 g/mol. The molecule has 0 saturated carbocycles. The number of amidine groups is 1. The van der Waals surface area contributed by atoms with Crippen molar-refractivity contribution in [2.75, 3.05) is 0 Å². The fraction of sp³-hybridized carbons (Fsp3) is 0. The Bertz CT molecular complexity index is 774. The van der Waals surface area contributed by atoms with Crippen LogP contribution in [-0.4, -0.2) is 28.0 Å². The van der Waals surface area contributed by atoms with Gasteiger partial charge in [0.1, 0.15) is 5.69 Å². The molecule has 0 spiro atoms. The summed E-state index contributed by atoms with van der Waals surface area (Å²) in [5.74, 6) is 2.48. The monoisotopic (exact) mass is 253 g/mol. The van der Waals surface area contributed by atoms with Gasteiger partial charge in [-0.05, 0) is 12.1 Å². The summed E-state index contributed by atoms with van der Waals surface area (Å²) >= 11 is 0. The molecule has 2 aromatic rings. The van der Waals surface area contributed by atoms with E-state index < -0.39 is 6.16 Å². The van der Waals surface area contributed by atoms with Crippen molar-refractivity contribution in [2.45, 2.75) is 0 Å². The Morgan fingerprint density at radius 2 is 2.05 bits per heavy atom. The van der Waals surface area contributed by atoms with Crippen LogP contribution in [0.25, 0.3) is 10.9 Å².